The number of amides is 1. The van der Waals surface area contributed by atoms with Crippen molar-refractivity contribution in [2.24, 2.45) is 5.92 Å². The van der Waals surface area contributed by atoms with Gasteiger partial charge in [0.25, 0.3) is 0 Å². The zero-order chi connectivity index (χ0) is 22.3. The number of nitrogens with one attached hydrogen (secondary N) is 1. The molecule has 0 spiro atoms. The van der Waals surface area contributed by atoms with Crippen LogP contribution in [0.2, 0.25) is 0 Å². The number of rotatable bonds is 4. The van der Waals surface area contributed by atoms with Crippen molar-refractivity contribution in [1.82, 2.24) is 9.29 Å². The summed E-state index contributed by atoms with van der Waals surface area (Å²) < 4.78 is 52.7. The first kappa shape index (κ1) is 21.1. The number of aromatic nitrogens is 1. The number of ether oxygens (including phenoxy) is 2. The van der Waals surface area contributed by atoms with Crippen LogP contribution in [-0.4, -0.2) is 49.9 Å². The summed E-state index contributed by atoms with van der Waals surface area (Å²) in [7, 11) is -3.93. The van der Waals surface area contributed by atoms with Gasteiger partial charge in [0.05, 0.1) is 10.2 Å². The number of hydrogen-bond donors (Lipinski definition) is 1. The Kier molecular flexibility index (Phi) is 5.48. The van der Waals surface area contributed by atoms with Gasteiger partial charge in [-0.05, 0) is 25.0 Å². The number of benzene rings is 2. The van der Waals surface area contributed by atoms with Crippen molar-refractivity contribution in [3.8, 4) is 11.5 Å². The molecular formula is C21H20FN3O5S2. The Labute approximate surface area is 188 Å². The summed E-state index contributed by atoms with van der Waals surface area (Å²) in [6.07, 6.45) is 0.695. The molecule has 1 aromatic heterocycles. The highest BCUT2D eigenvalue weighted by atomic mass is 32.2. The third kappa shape index (κ3) is 3.91. The molecule has 0 radical (unpaired) electrons. The van der Waals surface area contributed by atoms with E-state index < -0.39 is 15.8 Å². The molecule has 168 valence electrons. The molecule has 1 N–H and O–H groups in total. The van der Waals surface area contributed by atoms with Gasteiger partial charge < -0.3 is 14.8 Å². The molecule has 0 atom stereocenters. The van der Waals surface area contributed by atoms with E-state index in [4.69, 9.17) is 9.47 Å². The highest BCUT2D eigenvalue weighted by Crippen LogP contribution is 2.38. The van der Waals surface area contributed by atoms with Gasteiger partial charge in [-0.25, -0.2) is 17.8 Å². The fraction of sp³-hybridized carbons (Fsp3) is 0.333. The van der Waals surface area contributed by atoms with E-state index in [0.29, 0.717) is 48.2 Å². The molecule has 3 heterocycles. The predicted octanol–water partition coefficient (Wildman–Crippen LogP) is 3.25. The van der Waals surface area contributed by atoms with Crippen LogP contribution in [0, 0.1) is 11.7 Å². The van der Waals surface area contributed by atoms with Crippen LogP contribution in [0.3, 0.4) is 0 Å². The summed E-state index contributed by atoms with van der Waals surface area (Å²) in [5, 5.41) is 3.31. The van der Waals surface area contributed by atoms with E-state index in [2.05, 4.69) is 10.3 Å². The smallest absolute Gasteiger partial charge is 0.245 e. The first-order valence-corrected chi connectivity index (χ1v) is 12.4. The molecule has 32 heavy (non-hydrogen) atoms. The van der Waals surface area contributed by atoms with Gasteiger partial charge in [-0.2, -0.15) is 4.31 Å². The Bertz CT molecular complexity index is 1240. The summed E-state index contributed by atoms with van der Waals surface area (Å²) in [4.78, 5) is 16.9. The number of hydrogen-bond acceptors (Lipinski definition) is 7. The molecular weight excluding hydrogens is 457 g/mol. The molecule has 0 aliphatic carbocycles. The van der Waals surface area contributed by atoms with Crippen LogP contribution in [-0.2, 0) is 14.8 Å². The van der Waals surface area contributed by atoms with Crippen molar-refractivity contribution in [2.45, 2.75) is 17.7 Å². The van der Waals surface area contributed by atoms with Gasteiger partial charge in [0, 0.05) is 31.1 Å². The third-order valence-corrected chi connectivity index (χ3v) is 8.43. The number of thiazole rings is 1. The molecule has 2 aromatic carbocycles. The molecule has 8 nitrogen and oxygen atoms in total. The van der Waals surface area contributed by atoms with Crippen LogP contribution in [0.5, 0.6) is 11.5 Å². The first-order valence-electron chi connectivity index (χ1n) is 10.2. The number of halogens is 1. The summed E-state index contributed by atoms with van der Waals surface area (Å²) in [6, 6.07) is 8.96. The van der Waals surface area contributed by atoms with E-state index in [9.17, 15) is 17.6 Å². The maximum atomic E-state index is 14.0. The van der Waals surface area contributed by atoms with Gasteiger partial charge in [-0.3, -0.25) is 4.79 Å². The Hall–Kier alpha value is -2.76. The maximum absolute atomic E-state index is 14.0. The fourth-order valence-electron chi connectivity index (χ4n) is 3.88. The molecule has 2 aliphatic rings. The average Bonchev–Trinajstić information content (AvgIpc) is 3.18. The quantitative estimate of drug-likeness (QED) is 0.620. The normalized spacial score (nSPS) is 17.4. The van der Waals surface area contributed by atoms with E-state index in [1.54, 1.807) is 6.07 Å². The van der Waals surface area contributed by atoms with Crippen molar-refractivity contribution in [3.05, 3.63) is 42.2 Å². The molecule has 1 amide bonds. The SMILES string of the molecule is O=C(Nc1nc2cc3c(cc2s1)OCCO3)C1CCN(S(=O)(=O)c2ccccc2F)CC1. The lowest BCUT2D eigenvalue weighted by Crippen LogP contribution is -2.41. The summed E-state index contributed by atoms with van der Waals surface area (Å²) in [6.45, 7) is 1.27. The second kappa shape index (κ2) is 8.30. The van der Waals surface area contributed by atoms with E-state index in [1.807, 2.05) is 6.07 Å². The van der Waals surface area contributed by atoms with Crippen molar-refractivity contribution in [1.29, 1.82) is 0 Å². The molecule has 0 saturated carbocycles. The highest BCUT2D eigenvalue weighted by molar-refractivity contribution is 7.89. The molecule has 11 heteroatoms. The lowest BCUT2D eigenvalue weighted by atomic mass is 9.97. The molecule has 1 saturated heterocycles. The van der Waals surface area contributed by atoms with Gasteiger partial charge in [-0.1, -0.05) is 23.5 Å². The molecule has 1 fully saturated rings. The number of carbonyl (C=O) groups is 1. The minimum absolute atomic E-state index is 0.149. The molecule has 0 bridgehead atoms. The van der Waals surface area contributed by atoms with Gasteiger partial charge in [0.15, 0.2) is 16.6 Å². The standard InChI is InChI=1S/C21H20FN3O5S2/c22-14-3-1-2-4-19(14)32(27,28)25-7-5-13(6-8-25)20(26)24-21-23-15-11-16-17(12-18(15)31-21)30-10-9-29-16/h1-4,11-13H,5-10H2,(H,23,24,26). The average molecular weight is 478 g/mol. The zero-order valence-corrected chi connectivity index (χ0v) is 18.5. The van der Waals surface area contributed by atoms with Crippen molar-refractivity contribution < 1.29 is 27.1 Å². The van der Waals surface area contributed by atoms with Crippen molar-refractivity contribution >= 4 is 42.6 Å². The van der Waals surface area contributed by atoms with E-state index in [1.165, 1.54) is 33.8 Å². The molecule has 0 unspecified atom stereocenters. The van der Waals surface area contributed by atoms with Crippen LogP contribution >= 0.6 is 11.3 Å². The second-order valence-corrected chi connectivity index (χ2v) is 10.5. The molecule has 2 aliphatic heterocycles. The Balaban J connectivity index is 1.24. The van der Waals surface area contributed by atoms with Crippen LogP contribution < -0.4 is 14.8 Å². The lowest BCUT2D eigenvalue weighted by Gasteiger charge is -2.30. The lowest BCUT2D eigenvalue weighted by molar-refractivity contribution is -0.120. The monoisotopic (exact) mass is 477 g/mol. The number of piperidine rings is 1. The van der Waals surface area contributed by atoms with Crippen molar-refractivity contribution in [3.63, 3.8) is 0 Å². The van der Waals surface area contributed by atoms with Gasteiger partial charge in [0.1, 0.15) is 23.9 Å². The number of sulfonamides is 1. The van der Waals surface area contributed by atoms with Gasteiger partial charge >= 0.3 is 0 Å². The predicted molar refractivity (Wildman–Crippen MR) is 117 cm³/mol. The zero-order valence-electron chi connectivity index (χ0n) is 16.9. The summed E-state index contributed by atoms with van der Waals surface area (Å²) in [5.74, 6) is -0.0389. The number of anilines is 1. The number of nitrogens with zero attached hydrogens (tertiary/aromatic N) is 2. The van der Waals surface area contributed by atoms with Crippen LogP contribution in [0.4, 0.5) is 9.52 Å². The topological polar surface area (TPSA) is 97.8 Å². The number of fused-ring (bicyclic) bond motifs is 2. The second-order valence-electron chi connectivity index (χ2n) is 7.58. The summed E-state index contributed by atoms with van der Waals surface area (Å²) in [5.41, 5.74) is 0.709. The van der Waals surface area contributed by atoms with E-state index >= 15 is 0 Å². The Morgan fingerprint density at radius 1 is 1.12 bits per heavy atom. The van der Waals surface area contributed by atoms with Crippen LogP contribution in [0.15, 0.2) is 41.3 Å². The minimum Gasteiger partial charge on any atom is -0.486 e. The Morgan fingerprint density at radius 2 is 1.81 bits per heavy atom. The summed E-state index contributed by atoms with van der Waals surface area (Å²) >= 11 is 1.34. The van der Waals surface area contributed by atoms with Crippen LogP contribution in [0.25, 0.3) is 10.2 Å². The van der Waals surface area contributed by atoms with Crippen molar-refractivity contribution in [2.75, 3.05) is 31.6 Å². The van der Waals surface area contributed by atoms with E-state index in [-0.39, 0.29) is 29.8 Å². The van der Waals surface area contributed by atoms with Crippen LogP contribution in [0.1, 0.15) is 12.8 Å². The van der Waals surface area contributed by atoms with Gasteiger partial charge in [-0.15, -0.1) is 0 Å². The minimum atomic E-state index is -3.93. The third-order valence-electron chi connectivity index (χ3n) is 5.56. The Morgan fingerprint density at radius 3 is 2.53 bits per heavy atom. The highest BCUT2D eigenvalue weighted by Gasteiger charge is 2.33. The van der Waals surface area contributed by atoms with Gasteiger partial charge in [0.2, 0.25) is 15.9 Å². The first-order chi connectivity index (χ1) is 15.4. The van der Waals surface area contributed by atoms with E-state index in [0.717, 1.165) is 10.8 Å². The maximum Gasteiger partial charge on any atom is 0.245 e. The molecule has 3 aromatic rings. The largest absolute Gasteiger partial charge is 0.486 e. The number of carbonyl (C=O) groups excluding carboxylic acids is 1. The molecule has 5 rings (SSSR count). The fourth-order valence-corrected chi connectivity index (χ4v) is 6.29.